The van der Waals surface area contributed by atoms with Crippen molar-refractivity contribution in [2.45, 2.75) is 37.8 Å². The second-order valence-electron chi connectivity index (χ2n) is 6.44. The summed E-state index contributed by atoms with van der Waals surface area (Å²) in [6.07, 6.45) is 4.31. The van der Waals surface area contributed by atoms with Crippen LogP contribution in [0.25, 0.3) is 0 Å². The molecule has 3 heterocycles. The fourth-order valence-corrected chi connectivity index (χ4v) is 3.73. The summed E-state index contributed by atoms with van der Waals surface area (Å²) < 4.78 is 1.51. The normalized spacial score (nSPS) is 20.8. The Morgan fingerprint density at radius 2 is 2.16 bits per heavy atom. The number of anilines is 2. The minimum Gasteiger partial charge on any atom is -0.384 e. The Morgan fingerprint density at radius 1 is 1.32 bits per heavy atom. The Hall–Kier alpha value is -2.90. The van der Waals surface area contributed by atoms with E-state index in [0.29, 0.717) is 30.2 Å². The van der Waals surface area contributed by atoms with Gasteiger partial charge in [0.2, 0.25) is 5.91 Å². The molecule has 8 nitrogen and oxygen atoms in total. The molecule has 1 aliphatic heterocycles. The lowest BCUT2D eigenvalue weighted by Crippen LogP contribution is -2.37. The van der Waals surface area contributed by atoms with Crippen molar-refractivity contribution in [2.24, 2.45) is 0 Å². The van der Waals surface area contributed by atoms with Crippen molar-refractivity contribution in [3.63, 3.8) is 0 Å². The second kappa shape index (κ2) is 5.87. The third kappa shape index (κ3) is 2.54. The Kier molecular flexibility index (Phi) is 3.67. The lowest BCUT2D eigenvalue weighted by Gasteiger charge is -2.19. The zero-order valence-electron chi connectivity index (χ0n) is 14.0. The highest BCUT2D eigenvalue weighted by Crippen LogP contribution is 2.32. The van der Waals surface area contributed by atoms with Gasteiger partial charge in [0.05, 0.1) is 12.2 Å². The van der Waals surface area contributed by atoms with E-state index in [1.54, 1.807) is 13.1 Å². The fraction of sp³-hybridized carbons (Fsp3) is 0.412. The smallest absolute Gasteiger partial charge is 0.277 e. The van der Waals surface area contributed by atoms with E-state index in [9.17, 15) is 9.59 Å². The lowest BCUT2D eigenvalue weighted by atomic mass is 10.1. The molecule has 2 aliphatic rings. The van der Waals surface area contributed by atoms with Gasteiger partial charge in [-0.2, -0.15) is 0 Å². The highest BCUT2D eigenvalue weighted by molar-refractivity contribution is 5.81. The van der Waals surface area contributed by atoms with Crippen molar-refractivity contribution >= 4 is 17.4 Å². The third-order valence-electron chi connectivity index (χ3n) is 4.99. The molecule has 0 spiro atoms. The molecule has 2 aromatic rings. The Balaban J connectivity index is 1.58. The summed E-state index contributed by atoms with van der Waals surface area (Å²) in [5, 5.41) is 5.90. The number of carbonyl (C=O) groups is 1. The van der Waals surface area contributed by atoms with E-state index in [-0.39, 0.29) is 17.5 Å². The molecule has 25 heavy (non-hydrogen) atoms. The highest BCUT2D eigenvalue weighted by atomic mass is 16.2. The molecular weight excluding hydrogens is 320 g/mol. The number of rotatable bonds is 3. The summed E-state index contributed by atoms with van der Waals surface area (Å²) >= 11 is 0. The van der Waals surface area contributed by atoms with Crippen LogP contribution in [0.5, 0.6) is 0 Å². The van der Waals surface area contributed by atoms with Gasteiger partial charge in [0.1, 0.15) is 23.4 Å². The molecule has 4 rings (SSSR count). The zero-order valence-corrected chi connectivity index (χ0v) is 14.0. The van der Waals surface area contributed by atoms with Gasteiger partial charge in [-0.1, -0.05) is 6.07 Å². The first-order chi connectivity index (χ1) is 12.1. The highest BCUT2D eigenvalue weighted by Gasteiger charge is 2.33. The van der Waals surface area contributed by atoms with Crippen LogP contribution in [0, 0.1) is 0 Å². The maximum absolute atomic E-state index is 12.8. The maximum Gasteiger partial charge on any atom is 0.277 e. The molecule has 0 saturated carbocycles. The Morgan fingerprint density at radius 3 is 2.96 bits per heavy atom. The van der Waals surface area contributed by atoms with Gasteiger partial charge in [0.15, 0.2) is 0 Å². The summed E-state index contributed by atoms with van der Waals surface area (Å²) in [7, 11) is 1.67. The molecule has 130 valence electrons. The van der Waals surface area contributed by atoms with Gasteiger partial charge in [0, 0.05) is 19.2 Å². The van der Waals surface area contributed by atoms with Crippen LogP contribution in [0.4, 0.5) is 11.5 Å². The van der Waals surface area contributed by atoms with E-state index < -0.39 is 6.04 Å². The third-order valence-corrected chi connectivity index (χ3v) is 4.99. The molecule has 2 atom stereocenters. The molecule has 0 bridgehead atoms. The number of hydrogen-bond acceptors (Lipinski definition) is 6. The summed E-state index contributed by atoms with van der Waals surface area (Å²) in [5.41, 5.74) is 7.87. The Bertz CT molecular complexity index is 906. The summed E-state index contributed by atoms with van der Waals surface area (Å²) in [6.45, 7) is 0. The number of fused-ring (bicyclic) bond motifs is 2. The molecule has 0 saturated heterocycles. The number of aryl methyl sites for hydroxylation is 2. The maximum atomic E-state index is 12.8. The van der Waals surface area contributed by atoms with E-state index >= 15 is 0 Å². The van der Waals surface area contributed by atoms with Crippen molar-refractivity contribution in [3.05, 3.63) is 45.8 Å². The molecule has 0 radical (unpaired) electrons. The monoisotopic (exact) mass is 340 g/mol. The Labute approximate surface area is 144 Å². The number of nitrogen functional groups attached to an aromatic ring is 1. The van der Waals surface area contributed by atoms with E-state index in [0.717, 1.165) is 24.1 Å². The van der Waals surface area contributed by atoms with Crippen LogP contribution in [-0.4, -0.2) is 27.5 Å². The number of amides is 1. The average molecular weight is 340 g/mol. The van der Waals surface area contributed by atoms with Crippen LogP contribution in [0.3, 0.4) is 0 Å². The van der Waals surface area contributed by atoms with Crippen LogP contribution in [-0.2, 0) is 17.6 Å². The topological polar surface area (TPSA) is 115 Å². The van der Waals surface area contributed by atoms with Gasteiger partial charge in [-0.05, 0) is 30.9 Å². The fourth-order valence-electron chi connectivity index (χ4n) is 3.73. The van der Waals surface area contributed by atoms with Crippen LogP contribution < -0.4 is 21.9 Å². The molecule has 0 aromatic carbocycles. The van der Waals surface area contributed by atoms with Crippen LogP contribution >= 0.6 is 0 Å². The number of nitrogens with one attached hydrogen (secondary N) is 2. The number of hydrogen-bond donors (Lipinski definition) is 3. The number of aromatic nitrogens is 3. The zero-order chi connectivity index (χ0) is 17.6. The predicted octanol–water partition coefficient (Wildman–Crippen LogP) is 0.553. The van der Waals surface area contributed by atoms with Gasteiger partial charge in [-0.3, -0.25) is 14.2 Å². The van der Waals surface area contributed by atoms with Crippen molar-refractivity contribution < 1.29 is 4.79 Å². The number of nitrogens with zero attached hydrogens (tertiary/aromatic N) is 3. The number of carbonyl (C=O) groups excluding carboxylic acids is 1. The molecule has 1 amide bonds. The van der Waals surface area contributed by atoms with E-state index in [1.807, 2.05) is 6.07 Å². The number of nitrogens with two attached hydrogens (primary N) is 1. The summed E-state index contributed by atoms with van der Waals surface area (Å²) in [4.78, 5) is 34.0. The second-order valence-corrected chi connectivity index (χ2v) is 6.44. The first-order valence-corrected chi connectivity index (χ1v) is 8.42. The van der Waals surface area contributed by atoms with E-state index in [4.69, 9.17) is 5.73 Å². The minimum atomic E-state index is -0.519. The quantitative estimate of drug-likeness (QED) is 0.752. The number of pyridine rings is 1. The van der Waals surface area contributed by atoms with Crippen molar-refractivity contribution in [1.82, 2.24) is 19.9 Å². The predicted molar refractivity (Wildman–Crippen MR) is 93.3 cm³/mol. The molecule has 2 aromatic heterocycles. The van der Waals surface area contributed by atoms with Crippen molar-refractivity contribution in [3.8, 4) is 0 Å². The van der Waals surface area contributed by atoms with Crippen LogP contribution in [0.15, 0.2) is 23.1 Å². The van der Waals surface area contributed by atoms with E-state index in [2.05, 4.69) is 20.6 Å². The minimum absolute atomic E-state index is 0.0872. The average Bonchev–Trinajstić information content (AvgIpc) is 3.20. The van der Waals surface area contributed by atoms with Crippen LogP contribution in [0.1, 0.15) is 42.0 Å². The largest absolute Gasteiger partial charge is 0.384 e. The molecule has 1 aliphatic carbocycles. The summed E-state index contributed by atoms with van der Waals surface area (Å²) in [6, 6.07) is 3.07. The van der Waals surface area contributed by atoms with Crippen LogP contribution in [0.2, 0.25) is 0 Å². The van der Waals surface area contributed by atoms with Gasteiger partial charge < -0.3 is 16.4 Å². The molecular formula is C17H20N6O2. The van der Waals surface area contributed by atoms with Gasteiger partial charge >= 0.3 is 0 Å². The van der Waals surface area contributed by atoms with Gasteiger partial charge in [-0.15, -0.1) is 0 Å². The molecule has 0 unspecified atom stereocenters. The standard InChI is InChI=1S/C17H20N6O2/c1-19-12-8-20-15-7-5-13(23(15)17(12)25)16(24)22-11-4-3-10-9(11)2-6-14(18)21-10/h2,6,8,11,13,19H,3-5,7H2,1H3,(H2,18,21)(H,22,24)/t11-,13+/m1/s1. The van der Waals surface area contributed by atoms with Gasteiger partial charge in [-0.25, -0.2) is 9.97 Å². The molecule has 0 fully saturated rings. The molecule has 8 heteroatoms. The summed E-state index contributed by atoms with van der Waals surface area (Å²) in [5.74, 6) is 1.00. The SMILES string of the molecule is CNc1cnc2n(c1=O)[C@H](C(=O)N[C@@H]1CCc3nc(N)ccc31)CC2. The van der Waals surface area contributed by atoms with E-state index in [1.165, 1.54) is 10.8 Å². The van der Waals surface area contributed by atoms with Gasteiger partial charge in [0.25, 0.3) is 5.56 Å². The van der Waals surface area contributed by atoms with Crippen molar-refractivity contribution in [1.29, 1.82) is 0 Å². The first kappa shape index (κ1) is 15.6. The van der Waals surface area contributed by atoms with Crippen molar-refractivity contribution in [2.75, 3.05) is 18.1 Å². The lowest BCUT2D eigenvalue weighted by molar-refractivity contribution is -0.125. The molecule has 4 N–H and O–H groups in total. The first-order valence-electron chi connectivity index (χ1n) is 8.42.